The highest BCUT2D eigenvalue weighted by Gasteiger charge is 2.30. The molecule has 3 unspecified atom stereocenters. The van der Waals surface area contributed by atoms with E-state index in [1.807, 2.05) is 13.0 Å². The first-order chi connectivity index (χ1) is 7.08. The van der Waals surface area contributed by atoms with Crippen LogP contribution in [0.15, 0.2) is 10.5 Å². The van der Waals surface area contributed by atoms with E-state index in [4.69, 9.17) is 16.3 Å². The highest BCUT2D eigenvalue weighted by molar-refractivity contribution is 9.10. The molecule has 0 aliphatic carbocycles. The summed E-state index contributed by atoms with van der Waals surface area (Å²) in [6.07, 6.45) is 0.709. The maximum atomic E-state index is 10.1. The van der Waals surface area contributed by atoms with Crippen molar-refractivity contribution in [1.29, 1.82) is 0 Å². The molecule has 0 spiro atoms. The quantitative estimate of drug-likeness (QED) is 0.904. The zero-order chi connectivity index (χ0) is 11.0. The summed E-state index contributed by atoms with van der Waals surface area (Å²) in [5, 5.41) is 10.1. The molecule has 3 atom stereocenters. The predicted octanol–water partition coefficient (Wildman–Crippen LogP) is 3.62. The van der Waals surface area contributed by atoms with E-state index < -0.39 is 6.10 Å². The van der Waals surface area contributed by atoms with E-state index in [9.17, 15) is 5.11 Å². The molecule has 0 bridgehead atoms. The van der Waals surface area contributed by atoms with Crippen LogP contribution in [0.4, 0.5) is 0 Å². The van der Waals surface area contributed by atoms with Gasteiger partial charge < -0.3 is 9.84 Å². The molecule has 2 rings (SSSR count). The molecule has 1 fully saturated rings. The van der Waals surface area contributed by atoms with E-state index in [1.54, 1.807) is 0 Å². The number of halogens is 2. The fraction of sp³-hybridized carbons (Fsp3) is 0.600. The van der Waals surface area contributed by atoms with Gasteiger partial charge in [-0.15, -0.1) is 11.3 Å². The van der Waals surface area contributed by atoms with E-state index in [2.05, 4.69) is 15.9 Å². The Kier molecular flexibility index (Phi) is 3.73. The Labute approximate surface area is 106 Å². The minimum atomic E-state index is -0.455. The molecule has 1 aliphatic rings. The molecule has 2 heterocycles. The van der Waals surface area contributed by atoms with Gasteiger partial charge in [0.1, 0.15) is 4.34 Å². The van der Waals surface area contributed by atoms with Crippen molar-refractivity contribution in [1.82, 2.24) is 0 Å². The Bertz CT molecular complexity index is 336. The lowest BCUT2D eigenvalue weighted by atomic mass is 9.98. The fourth-order valence-electron chi connectivity index (χ4n) is 1.81. The minimum Gasteiger partial charge on any atom is -0.387 e. The van der Waals surface area contributed by atoms with Gasteiger partial charge in [0.2, 0.25) is 0 Å². The van der Waals surface area contributed by atoms with Crippen LogP contribution in [0.2, 0.25) is 4.34 Å². The van der Waals surface area contributed by atoms with Crippen LogP contribution in [0.3, 0.4) is 0 Å². The summed E-state index contributed by atoms with van der Waals surface area (Å²) >= 11 is 10.7. The van der Waals surface area contributed by atoms with Crippen molar-refractivity contribution in [3.63, 3.8) is 0 Å². The van der Waals surface area contributed by atoms with Crippen molar-refractivity contribution < 1.29 is 9.84 Å². The van der Waals surface area contributed by atoms with Crippen LogP contribution in [-0.4, -0.2) is 17.8 Å². The van der Waals surface area contributed by atoms with Gasteiger partial charge >= 0.3 is 0 Å². The summed E-state index contributed by atoms with van der Waals surface area (Å²) in [6, 6.07) is 1.89. The standard InChI is InChI=1S/C10H12BrClO2S/c1-5-2-6(4-14-5)9(13)8-3-7(11)10(12)15-8/h3,5-6,9,13H,2,4H2,1H3. The Morgan fingerprint density at radius 3 is 2.93 bits per heavy atom. The van der Waals surface area contributed by atoms with Gasteiger partial charge in [0, 0.05) is 15.3 Å². The fourth-order valence-corrected chi connectivity index (χ4v) is 3.63. The van der Waals surface area contributed by atoms with Crippen LogP contribution in [-0.2, 0) is 4.74 Å². The second kappa shape index (κ2) is 4.72. The predicted molar refractivity (Wildman–Crippen MR) is 65.5 cm³/mol. The van der Waals surface area contributed by atoms with Crippen molar-refractivity contribution in [2.45, 2.75) is 25.6 Å². The van der Waals surface area contributed by atoms with E-state index in [-0.39, 0.29) is 12.0 Å². The zero-order valence-electron chi connectivity index (χ0n) is 8.24. The largest absolute Gasteiger partial charge is 0.387 e. The number of hydrogen-bond acceptors (Lipinski definition) is 3. The van der Waals surface area contributed by atoms with Gasteiger partial charge in [-0.05, 0) is 35.3 Å². The molecule has 0 radical (unpaired) electrons. The van der Waals surface area contributed by atoms with E-state index >= 15 is 0 Å². The van der Waals surface area contributed by atoms with E-state index in [1.165, 1.54) is 11.3 Å². The lowest BCUT2D eigenvalue weighted by Crippen LogP contribution is -2.11. The molecule has 1 aromatic rings. The maximum Gasteiger partial charge on any atom is 0.107 e. The number of ether oxygens (including phenoxy) is 1. The van der Waals surface area contributed by atoms with Gasteiger partial charge in [-0.3, -0.25) is 0 Å². The number of thiophene rings is 1. The van der Waals surface area contributed by atoms with Gasteiger partial charge in [-0.1, -0.05) is 11.6 Å². The van der Waals surface area contributed by atoms with Crippen molar-refractivity contribution in [2.24, 2.45) is 5.92 Å². The monoisotopic (exact) mass is 310 g/mol. The number of aliphatic hydroxyl groups excluding tert-OH is 1. The molecule has 1 aromatic heterocycles. The minimum absolute atomic E-state index is 0.196. The molecule has 2 nitrogen and oxygen atoms in total. The third-order valence-corrected chi connectivity index (χ3v) is 5.18. The molecule has 84 valence electrons. The second-order valence-corrected chi connectivity index (χ2v) is 6.40. The summed E-state index contributed by atoms with van der Waals surface area (Å²) in [7, 11) is 0. The van der Waals surface area contributed by atoms with Crippen LogP contribution in [0.5, 0.6) is 0 Å². The van der Waals surface area contributed by atoms with Crippen LogP contribution in [0.25, 0.3) is 0 Å². The molecular formula is C10H12BrClO2S. The number of rotatable bonds is 2. The van der Waals surface area contributed by atoms with Crippen molar-refractivity contribution >= 4 is 38.9 Å². The molecule has 1 aliphatic heterocycles. The number of hydrogen-bond donors (Lipinski definition) is 1. The Morgan fingerprint density at radius 2 is 2.47 bits per heavy atom. The average Bonchev–Trinajstić information content (AvgIpc) is 2.74. The van der Waals surface area contributed by atoms with Gasteiger partial charge in [0.25, 0.3) is 0 Å². The molecular weight excluding hydrogens is 300 g/mol. The highest BCUT2D eigenvalue weighted by Crippen LogP contribution is 2.40. The number of aliphatic hydroxyl groups is 1. The topological polar surface area (TPSA) is 29.5 Å². The SMILES string of the molecule is CC1CC(C(O)c2cc(Br)c(Cl)s2)CO1. The molecule has 1 saturated heterocycles. The van der Waals surface area contributed by atoms with Crippen molar-refractivity contribution in [3.05, 3.63) is 19.8 Å². The Balaban J connectivity index is 2.10. The van der Waals surface area contributed by atoms with E-state index in [0.29, 0.717) is 10.9 Å². The molecule has 5 heteroatoms. The lowest BCUT2D eigenvalue weighted by Gasteiger charge is -2.14. The normalized spacial score (nSPS) is 28.3. The van der Waals surface area contributed by atoms with Crippen molar-refractivity contribution in [3.8, 4) is 0 Å². The summed E-state index contributed by atoms with van der Waals surface area (Å²) in [5.41, 5.74) is 0. The Hall–Kier alpha value is 0.390. The van der Waals surface area contributed by atoms with Crippen molar-refractivity contribution in [2.75, 3.05) is 6.61 Å². The van der Waals surface area contributed by atoms with E-state index in [0.717, 1.165) is 15.8 Å². The van der Waals surface area contributed by atoms with Crippen LogP contribution in [0.1, 0.15) is 24.3 Å². The molecule has 1 N–H and O–H groups in total. The lowest BCUT2D eigenvalue weighted by molar-refractivity contribution is 0.0822. The summed E-state index contributed by atoms with van der Waals surface area (Å²) in [5.74, 6) is 0.196. The average molecular weight is 312 g/mol. The third kappa shape index (κ3) is 2.56. The molecule has 0 aromatic carbocycles. The summed E-state index contributed by atoms with van der Waals surface area (Å²) < 4.78 is 6.99. The van der Waals surface area contributed by atoms with Crippen LogP contribution < -0.4 is 0 Å². The maximum absolute atomic E-state index is 10.1. The molecule has 0 amide bonds. The second-order valence-electron chi connectivity index (χ2n) is 3.85. The first-order valence-electron chi connectivity index (χ1n) is 4.82. The first-order valence-corrected chi connectivity index (χ1v) is 6.81. The van der Waals surface area contributed by atoms with Gasteiger partial charge in [0.15, 0.2) is 0 Å². The van der Waals surface area contributed by atoms with Gasteiger partial charge in [-0.2, -0.15) is 0 Å². The summed E-state index contributed by atoms with van der Waals surface area (Å²) in [6.45, 7) is 2.67. The molecule has 15 heavy (non-hydrogen) atoms. The molecule has 0 saturated carbocycles. The van der Waals surface area contributed by atoms with Crippen LogP contribution in [0, 0.1) is 5.92 Å². The first kappa shape index (κ1) is 11.9. The third-order valence-electron chi connectivity index (χ3n) is 2.63. The van der Waals surface area contributed by atoms with Crippen LogP contribution >= 0.6 is 38.9 Å². The highest BCUT2D eigenvalue weighted by atomic mass is 79.9. The smallest absolute Gasteiger partial charge is 0.107 e. The zero-order valence-corrected chi connectivity index (χ0v) is 11.4. The Morgan fingerprint density at radius 1 is 1.73 bits per heavy atom. The van der Waals surface area contributed by atoms with Gasteiger partial charge in [-0.25, -0.2) is 0 Å². The summed E-state index contributed by atoms with van der Waals surface area (Å²) in [4.78, 5) is 0.912. The van der Waals surface area contributed by atoms with Gasteiger partial charge in [0.05, 0.1) is 18.8 Å².